The molecule has 2 rings (SSSR count). The molecule has 0 aromatic heterocycles. The van der Waals surface area contributed by atoms with Gasteiger partial charge in [-0.25, -0.2) is 0 Å². The molecule has 0 aliphatic carbocycles. The Kier molecular flexibility index (Phi) is 3.27. The molecule has 1 amide bonds. The van der Waals surface area contributed by atoms with Crippen LogP contribution in [0.1, 0.15) is 32.4 Å². The maximum Gasteiger partial charge on any atom is 0.224 e. The van der Waals surface area contributed by atoms with E-state index in [1.165, 1.54) is 0 Å². The van der Waals surface area contributed by atoms with E-state index in [4.69, 9.17) is 5.73 Å². The van der Waals surface area contributed by atoms with Crippen LogP contribution in [0, 0.1) is 5.92 Å². The van der Waals surface area contributed by atoms with Crippen molar-refractivity contribution in [2.75, 3.05) is 4.90 Å². The molecule has 0 saturated heterocycles. The van der Waals surface area contributed by atoms with Crippen LogP contribution in [-0.4, -0.2) is 11.9 Å². The van der Waals surface area contributed by atoms with Crippen LogP contribution in [0.25, 0.3) is 0 Å². The smallest absolute Gasteiger partial charge is 0.224 e. The standard InChI is InChI=1S/C13H17BrN2O/c1-7-8(2)16(9(3)17)12-5-4-10(14)6-11(12)13(7)15/h4-8,13H,15H2,1-3H3/t7-,8-,13+/m0/s1. The van der Waals surface area contributed by atoms with Crippen LogP contribution >= 0.6 is 15.9 Å². The number of hydrogen-bond donors (Lipinski definition) is 1. The van der Waals surface area contributed by atoms with Crippen molar-refractivity contribution in [2.24, 2.45) is 11.7 Å². The molecule has 4 heteroatoms. The third-order valence-electron chi connectivity index (χ3n) is 3.68. The predicted molar refractivity (Wildman–Crippen MR) is 72.9 cm³/mol. The van der Waals surface area contributed by atoms with Gasteiger partial charge in [0.2, 0.25) is 5.91 Å². The number of benzene rings is 1. The Morgan fingerprint density at radius 1 is 1.41 bits per heavy atom. The van der Waals surface area contributed by atoms with Crippen LogP contribution in [0.4, 0.5) is 5.69 Å². The summed E-state index contributed by atoms with van der Waals surface area (Å²) in [6, 6.07) is 6.04. The lowest BCUT2D eigenvalue weighted by Crippen LogP contribution is -2.48. The normalized spacial score (nSPS) is 27.8. The van der Waals surface area contributed by atoms with Gasteiger partial charge < -0.3 is 10.6 Å². The molecule has 92 valence electrons. The number of carbonyl (C=O) groups excluding carboxylic acids is 1. The van der Waals surface area contributed by atoms with Gasteiger partial charge in [0.1, 0.15) is 0 Å². The minimum atomic E-state index is -0.0203. The first-order valence-corrected chi connectivity index (χ1v) is 6.57. The average Bonchev–Trinajstić information content (AvgIpc) is 2.27. The van der Waals surface area contributed by atoms with E-state index in [1.54, 1.807) is 6.92 Å². The second kappa shape index (κ2) is 4.42. The zero-order chi connectivity index (χ0) is 12.7. The fraction of sp³-hybridized carbons (Fsp3) is 0.462. The Hall–Kier alpha value is -0.870. The molecular formula is C13H17BrN2O. The van der Waals surface area contributed by atoms with Gasteiger partial charge in [-0.3, -0.25) is 4.79 Å². The van der Waals surface area contributed by atoms with Crippen molar-refractivity contribution >= 4 is 27.5 Å². The summed E-state index contributed by atoms with van der Waals surface area (Å²) in [6.45, 7) is 5.75. The highest BCUT2D eigenvalue weighted by Gasteiger charge is 2.36. The number of amides is 1. The van der Waals surface area contributed by atoms with Gasteiger partial charge in [-0.05, 0) is 36.6 Å². The third-order valence-corrected chi connectivity index (χ3v) is 4.18. The van der Waals surface area contributed by atoms with E-state index in [0.29, 0.717) is 0 Å². The fourth-order valence-electron chi connectivity index (χ4n) is 2.51. The number of hydrogen-bond acceptors (Lipinski definition) is 2. The Morgan fingerprint density at radius 3 is 2.65 bits per heavy atom. The summed E-state index contributed by atoms with van der Waals surface area (Å²) in [5.41, 5.74) is 8.24. The van der Waals surface area contributed by atoms with Gasteiger partial charge in [-0.1, -0.05) is 22.9 Å². The highest BCUT2D eigenvalue weighted by atomic mass is 79.9. The van der Waals surface area contributed by atoms with E-state index in [-0.39, 0.29) is 23.9 Å². The predicted octanol–water partition coefficient (Wildman–Crippen LogP) is 2.84. The molecule has 1 aromatic carbocycles. The molecule has 1 aromatic rings. The van der Waals surface area contributed by atoms with Gasteiger partial charge >= 0.3 is 0 Å². The van der Waals surface area contributed by atoms with Gasteiger partial charge in [-0.2, -0.15) is 0 Å². The zero-order valence-electron chi connectivity index (χ0n) is 10.3. The molecule has 1 aliphatic rings. The van der Waals surface area contributed by atoms with E-state index in [9.17, 15) is 4.79 Å². The Balaban J connectivity index is 2.60. The van der Waals surface area contributed by atoms with Gasteiger partial charge in [-0.15, -0.1) is 0 Å². The minimum Gasteiger partial charge on any atom is -0.324 e. The monoisotopic (exact) mass is 296 g/mol. The van der Waals surface area contributed by atoms with Gasteiger partial charge in [0, 0.05) is 29.2 Å². The van der Waals surface area contributed by atoms with E-state index in [0.717, 1.165) is 15.7 Å². The largest absolute Gasteiger partial charge is 0.324 e. The molecule has 2 N–H and O–H groups in total. The third kappa shape index (κ3) is 2.00. The number of rotatable bonds is 0. The molecule has 0 bridgehead atoms. The Labute approximate surface area is 110 Å². The summed E-state index contributed by atoms with van der Waals surface area (Å²) in [7, 11) is 0. The van der Waals surface area contributed by atoms with Crippen molar-refractivity contribution in [1.82, 2.24) is 0 Å². The summed E-state index contributed by atoms with van der Waals surface area (Å²) in [5, 5.41) is 0. The number of anilines is 1. The maximum absolute atomic E-state index is 11.8. The summed E-state index contributed by atoms with van der Waals surface area (Å²) in [5.74, 6) is 0.320. The van der Waals surface area contributed by atoms with Crippen LogP contribution in [0.5, 0.6) is 0 Å². The first-order valence-electron chi connectivity index (χ1n) is 5.78. The number of halogens is 1. The number of nitrogens with zero attached hydrogens (tertiary/aromatic N) is 1. The zero-order valence-corrected chi connectivity index (χ0v) is 11.9. The Bertz CT molecular complexity index is 461. The molecule has 17 heavy (non-hydrogen) atoms. The lowest BCUT2D eigenvalue weighted by atomic mass is 9.83. The second-order valence-corrected chi connectivity index (χ2v) is 5.63. The first-order chi connectivity index (χ1) is 7.93. The average molecular weight is 297 g/mol. The van der Waals surface area contributed by atoms with Crippen molar-refractivity contribution in [2.45, 2.75) is 32.9 Å². The van der Waals surface area contributed by atoms with Crippen molar-refractivity contribution in [1.29, 1.82) is 0 Å². The van der Waals surface area contributed by atoms with Gasteiger partial charge in [0.15, 0.2) is 0 Å². The van der Waals surface area contributed by atoms with E-state index >= 15 is 0 Å². The van der Waals surface area contributed by atoms with Crippen LogP contribution in [0.15, 0.2) is 22.7 Å². The molecule has 3 nitrogen and oxygen atoms in total. The molecule has 0 saturated carbocycles. The summed E-state index contributed by atoms with van der Waals surface area (Å²) >= 11 is 3.45. The number of nitrogens with two attached hydrogens (primary N) is 1. The summed E-state index contributed by atoms with van der Waals surface area (Å²) < 4.78 is 0.997. The maximum atomic E-state index is 11.8. The van der Waals surface area contributed by atoms with Crippen LogP contribution in [0.2, 0.25) is 0 Å². The van der Waals surface area contributed by atoms with Crippen molar-refractivity contribution in [3.05, 3.63) is 28.2 Å². The molecule has 0 unspecified atom stereocenters. The highest BCUT2D eigenvalue weighted by molar-refractivity contribution is 9.10. The van der Waals surface area contributed by atoms with Gasteiger partial charge in [0.05, 0.1) is 0 Å². The van der Waals surface area contributed by atoms with Gasteiger partial charge in [0.25, 0.3) is 0 Å². The van der Waals surface area contributed by atoms with Crippen molar-refractivity contribution < 1.29 is 4.79 Å². The van der Waals surface area contributed by atoms with Crippen LogP contribution < -0.4 is 10.6 Å². The van der Waals surface area contributed by atoms with E-state index < -0.39 is 0 Å². The molecule has 3 atom stereocenters. The molecule has 1 heterocycles. The van der Waals surface area contributed by atoms with Crippen molar-refractivity contribution in [3.8, 4) is 0 Å². The van der Waals surface area contributed by atoms with Crippen LogP contribution in [0.3, 0.4) is 0 Å². The SMILES string of the molecule is CC(=O)N1c2ccc(Br)cc2[C@H](N)[C@@H](C)[C@@H]1C. The summed E-state index contributed by atoms with van der Waals surface area (Å²) in [4.78, 5) is 13.6. The van der Waals surface area contributed by atoms with E-state index in [1.807, 2.05) is 23.1 Å². The quantitative estimate of drug-likeness (QED) is 0.800. The minimum absolute atomic E-state index is 0.0203. The first kappa shape index (κ1) is 12.6. The highest BCUT2D eigenvalue weighted by Crippen LogP contribution is 2.40. The molecule has 0 radical (unpaired) electrons. The number of fused-ring (bicyclic) bond motifs is 1. The Morgan fingerprint density at radius 2 is 2.06 bits per heavy atom. The van der Waals surface area contributed by atoms with E-state index in [2.05, 4.69) is 29.8 Å². The molecule has 0 fully saturated rings. The fourth-order valence-corrected chi connectivity index (χ4v) is 2.88. The summed E-state index contributed by atoms with van der Waals surface area (Å²) in [6.07, 6.45) is 0. The molecule has 1 aliphatic heterocycles. The van der Waals surface area contributed by atoms with Crippen LogP contribution in [-0.2, 0) is 4.79 Å². The van der Waals surface area contributed by atoms with Crippen molar-refractivity contribution in [3.63, 3.8) is 0 Å². The lowest BCUT2D eigenvalue weighted by molar-refractivity contribution is -0.117. The second-order valence-electron chi connectivity index (χ2n) is 4.72. The topological polar surface area (TPSA) is 46.3 Å². The number of carbonyl (C=O) groups is 1. The molecular weight excluding hydrogens is 280 g/mol. The lowest BCUT2D eigenvalue weighted by Gasteiger charge is -2.42. The molecule has 0 spiro atoms.